The van der Waals surface area contributed by atoms with E-state index in [0.29, 0.717) is 19.3 Å². The minimum atomic E-state index is -1.03. The van der Waals surface area contributed by atoms with Gasteiger partial charge in [-0.25, -0.2) is 4.79 Å². The monoisotopic (exact) mass is 334 g/mol. The SMILES string of the molecule is C=C(C(=O)O)C1CC=C(C)CCC=C(C)CC1OC(=O)C(C)CC. The molecule has 0 radical (unpaired) electrons. The van der Waals surface area contributed by atoms with Crippen LogP contribution in [0.4, 0.5) is 0 Å². The highest BCUT2D eigenvalue weighted by Crippen LogP contribution is 2.29. The van der Waals surface area contributed by atoms with Gasteiger partial charge in [0, 0.05) is 17.9 Å². The van der Waals surface area contributed by atoms with E-state index in [-0.39, 0.29) is 17.5 Å². The number of carboxylic acids is 1. The molecule has 0 fully saturated rings. The van der Waals surface area contributed by atoms with Gasteiger partial charge in [0.05, 0.1) is 5.92 Å². The van der Waals surface area contributed by atoms with Crippen molar-refractivity contribution in [2.45, 2.75) is 65.9 Å². The van der Waals surface area contributed by atoms with E-state index in [4.69, 9.17) is 4.74 Å². The third-order valence-electron chi connectivity index (χ3n) is 4.73. The average Bonchev–Trinajstić information content (AvgIpc) is 2.53. The maximum Gasteiger partial charge on any atom is 0.331 e. The molecule has 0 bridgehead atoms. The molecular formula is C20H30O4. The van der Waals surface area contributed by atoms with Gasteiger partial charge in [-0.05, 0) is 39.5 Å². The van der Waals surface area contributed by atoms with Crippen LogP contribution in [-0.2, 0) is 14.3 Å². The Balaban J connectivity index is 3.14. The summed E-state index contributed by atoms with van der Waals surface area (Å²) in [6.45, 7) is 11.6. The number of aliphatic carboxylic acids is 1. The number of ether oxygens (including phenoxy) is 1. The Morgan fingerprint density at radius 1 is 1.33 bits per heavy atom. The molecule has 4 heteroatoms. The van der Waals surface area contributed by atoms with Crippen LogP contribution in [0.2, 0.25) is 0 Å². The standard InChI is InChI=1S/C20H30O4/c1-6-15(4)20(23)24-18-12-14(3)9-7-8-13(2)10-11-17(18)16(5)19(21)22/h9-10,15,17-18H,5-8,11-12H2,1-4H3,(H,21,22). The molecule has 3 atom stereocenters. The Bertz CT molecular complexity index is 542. The molecule has 0 aliphatic heterocycles. The fourth-order valence-electron chi connectivity index (χ4n) is 2.75. The first-order chi connectivity index (χ1) is 11.3. The van der Waals surface area contributed by atoms with Gasteiger partial charge in [-0.3, -0.25) is 4.79 Å². The Labute approximate surface area is 145 Å². The first-order valence-corrected chi connectivity index (χ1v) is 8.70. The average molecular weight is 334 g/mol. The van der Waals surface area contributed by atoms with Gasteiger partial charge in [0.25, 0.3) is 0 Å². The second-order valence-corrected chi connectivity index (χ2v) is 6.80. The number of esters is 1. The van der Waals surface area contributed by atoms with Crippen molar-refractivity contribution in [2.24, 2.45) is 11.8 Å². The lowest BCUT2D eigenvalue weighted by Gasteiger charge is -2.28. The molecule has 0 spiro atoms. The summed E-state index contributed by atoms with van der Waals surface area (Å²) in [4.78, 5) is 23.7. The topological polar surface area (TPSA) is 63.6 Å². The van der Waals surface area contributed by atoms with Crippen molar-refractivity contribution < 1.29 is 19.4 Å². The molecule has 1 N–H and O–H groups in total. The van der Waals surface area contributed by atoms with E-state index in [1.807, 2.05) is 27.7 Å². The summed E-state index contributed by atoms with van der Waals surface area (Å²) in [7, 11) is 0. The molecule has 0 heterocycles. The number of hydrogen-bond acceptors (Lipinski definition) is 3. The van der Waals surface area contributed by atoms with Crippen LogP contribution in [0.15, 0.2) is 35.5 Å². The number of hydrogen-bond donors (Lipinski definition) is 1. The Hall–Kier alpha value is -1.84. The Morgan fingerprint density at radius 3 is 2.58 bits per heavy atom. The molecule has 0 saturated heterocycles. The molecule has 1 rings (SSSR count). The Kier molecular flexibility index (Phi) is 7.96. The summed E-state index contributed by atoms with van der Waals surface area (Å²) in [6.07, 6.45) is 7.39. The third kappa shape index (κ3) is 5.99. The lowest BCUT2D eigenvalue weighted by Crippen LogP contribution is -2.32. The predicted octanol–water partition coefficient (Wildman–Crippen LogP) is 4.67. The van der Waals surface area contributed by atoms with Crippen molar-refractivity contribution in [2.75, 3.05) is 0 Å². The van der Waals surface area contributed by atoms with Crippen molar-refractivity contribution in [1.82, 2.24) is 0 Å². The summed E-state index contributed by atoms with van der Waals surface area (Å²) >= 11 is 0. The second kappa shape index (κ2) is 9.45. The van der Waals surface area contributed by atoms with Gasteiger partial charge in [0.2, 0.25) is 0 Å². The number of carbonyl (C=O) groups excluding carboxylic acids is 1. The molecule has 1 aliphatic rings. The number of rotatable bonds is 5. The molecule has 24 heavy (non-hydrogen) atoms. The molecule has 0 amide bonds. The molecule has 0 saturated carbocycles. The van der Waals surface area contributed by atoms with E-state index in [1.54, 1.807) is 0 Å². The normalized spacial score (nSPS) is 23.5. The maximum absolute atomic E-state index is 12.3. The zero-order valence-electron chi connectivity index (χ0n) is 15.3. The van der Waals surface area contributed by atoms with E-state index in [0.717, 1.165) is 18.4 Å². The summed E-state index contributed by atoms with van der Waals surface area (Å²) in [5.74, 6) is -1.90. The van der Waals surface area contributed by atoms with Gasteiger partial charge in [0.1, 0.15) is 6.10 Å². The zero-order valence-corrected chi connectivity index (χ0v) is 15.3. The van der Waals surface area contributed by atoms with Crippen LogP contribution in [0.3, 0.4) is 0 Å². The minimum Gasteiger partial charge on any atom is -0.478 e. The lowest BCUT2D eigenvalue weighted by atomic mass is 9.85. The lowest BCUT2D eigenvalue weighted by molar-refractivity contribution is -0.156. The highest BCUT2D eigenvalue weighted by Gasteiger charge is 2.31. The fourth-order valence-corrected chi connectivity index (χ4v) is 2.75. The molecule has 134 valence electrons. The molecule has 0 aromatic carbocycles. The van der Waals surface area contributed by atoms with Crippen molar-refractivity contribution in [3.63, 3.8) is 0 Å². The summed E-state index contributed by atoms with van der Waals surface area (Å²) in [5.41, 5.74) is 2.44. The van der Waals surface area contributed by atoms with Gasteiger partial charge >= 0.3 is 11.9 Å². The van der Waals surface area contributed by atoms with Crippen LogP contribution in [0, 0.1) is 11.8 Å². The smallest absolute Gasteiger partial charge is 0.331 e. The summed E-state index contributed by atoms with van der Waals surface area (Å²) in [5, 5.41) is 9.39. The van der Waals surface area contributed by atoms with Gasteiger partial charge in [0.15, 0.2) is 0 Å². The molecule has 0 aromatic heterocycles. The van der Waals surface area contributed by atoms with Crippen LogP contribution in [0.25, 0.3) is 0 Å². The van der Waals surface area contributed by atoms with Crippen LogP contribution in [0.5, 0.6) is 0 Å². The van der Waals surface area contributed by atoms with Gasteiger partial charge in [-0.15, -0.1) is 0 Å². The van der Waals surface area contributed by atoms with E-state index < -0.39 is 18.0 Å². The second-order valence-electron chi connectivity index (χ2n) is 6.80. The summed E-state index contributed by atoms with van der Waals surface area (Å²) < 4.78 is 5.73. The van der Waals surface area contributed by atoms with Gasteiger partial charge in [-0.1, -0.05) is 43.7 Å². The van der Waals surface area contributed by atoms with Crippen molar-refractivity contribution in [3.8, 4) is 0 Å². The van der Waals surface area contributed by atoms with Crippen molar-refractivity contribution in [3.05, 3.63) is 35.5 Å². The van der Waals surface area contributed by atoms with Crippen LogP contribution in [-0.4, -0.2) is 23.1 Å². The molecular weight excluding hydrogens is 304 g/mol. The molecule has 1 aliphatic carbocycles. The predicted molar refractivity (Wildman–Crippen MR) is 95.6 cm³/mol. The highest BCUT2D eigenvalue weighted by molar-refractivity contribution is 5.86. The van der Waals surface area contributed by atoms with Gasteiger partial charge < -0.3 is 9.84 Å². The summed E-state index contributed by atoms with van der Waals surface area (Å²) in [6, 6.07) is 0. The first kappa shape index (κ1) is 20.2. The highest BCUT2D eigenvalue weighted by atomic mass is 16.5. The molecule has 4 nitrogen and oxygen atoms in total. The number of carbonyl (C=O) groups is 2. The quantitative estimate of drug-likeness (QED) is 0.451. The van der Waals surface area contributed by atoms with Crippen molar-refractivity contribution >= 4 is 11.9 Å². The largest absolute Gasteiger partial charge is 0.478 e. The number of allylic oxidation sites excluding steroid dienone is 3. The van der Waals surface area contributed by atoms with Gasteiger partial charge in [-0.2, -0.15) is 0 Å². The molecule has 0 aromatic rings. The maximum atomic E-state index is 12.3. The van der Waals surface area contributed by atoms with E-state index in [9.17, 15) is 14.7 Å². The number of carboxylic acid groups (broad SMARTS) is 1. The van der Waals surface area contributed by atoms with Crippen LogP contribution < -0.4 is 0 Å². The zero-order chi connectivity index (χ0) is 18.3. The fraction of sp³-hybridized carbons (Fsp3) is 0.600. The van der Waals surface area contributed by atoms with Crippen LogP contribution in [0.1, 0.15) is 59.8 Å². The van der Waals surface area contributed by atoms with E-state index in [2.05, 4.69) is 18.7 Å². The Morgan fingerprint density at radius 2 is 2.00 bits per heavy atom. The van der Waals surface area contributed by atoms with Crippen molar-refractivity contribution in [1.29, 1.82) is 0 Å². The third-order valence-corrected chi connectivity index (χ3v) is 4.73. The minimum absolute atomic E-state index is 0.106. The van der Waals surface area contributed by atoms with E-state index >= 15 is 0 Å². The van der Waals surface area contributed by atoms with E-state index in [1.165, 1.54) is 5.57 Å². The first-order valence-electron chi connectivity index (χ1n) is 8.70. The molecule has 3 unspecified atom stereocenters. The van der Waals surface area contributed by atoms with Crippen LogP contribution >= 0.6 is 0 Å².